The van der Waals surface area contributed by atoms with E-state index in [0.29, 0.717) is 12.8 Å². The summed E-state index contributed by atoms with van der Waals surface area (Å²) in [5.41, 5.74) is 0. The van der Waals surface area contributed by atoms with Crippen molar-refractivity contribution in [1.82, 2.24) is 4.31 Å². The lowest BCUT2D eigenvalue weighted by molar-refractivity contribution is -0.137. The van der Waals surface area contributed by atoms with Crippen LogP contribution in [0.3, 0.4) is 0 Å². The average molecular weight is 249 g/mol. The Kier molecular flexibility index (Phi) is 6.28. The van der Waals surface area contributed by atoms with E-state index >= 15 is 0 Å². The van der Waals surface area contributed by atoms with Crippen molar-refractivity contribution in [3.05, 3.63) is 12.7 Å². The number of hydrogen-bond donors (Lipinski definition) is 1. The van der Waals surface area contributed by atoms with E-state index in [9.17, 15) is 13.2 Å². The first-order chi connectivity index (χ1) is 7.31. The maximum atomic E-state index is 11.8. The summed E-state index contributed by atoms with van der Waals surface area (Å²) in [6.45, 7) is 6.35. The average Bonchev–Trinajstić information content (AvgIpc) is 2.13. The molecular formula is C10H19NO4S. The molecule has 0 fully saturated rings. The highest BCUT2D eigenvalue weighted by molar-refractivity contribution is 7.89. The van der Waals surface area contributed by atoms with Gasteiger partial charge in [-0.25, -0.2) is 8.42 Å². The number of carbonyl (C=O) groups is 1. The molecule has 0 spiro atoms. The molecule has 5 nitrogen and oxygen atoms in total. The van der Waals surface area contributed by atoms with Crippen molar-refractivity contribution >= 4 is 16.0 Å². The monoisotopic (exact) mass is 249 g/mol. The first kappa shape index (κ1) is 15.1. The van der Waals surface area contributed by atoms with Gasteiger partial charge in [0.1, 0.15) is 6.54 Å². The summed E-state index contributed by atoms with van der Waals surface area (Å²) in [7, 11) is -3.48. The molecule has 0 saturated carbocycles. The van der Waals surface area contributed by atoms with Gasteiger partial charge < -0.3 is 5.11 Å². The van der Waals surface area contributed by atoms with Gasteiger partial charge in [-0.05, 0) is 26.7 Å². The highest BCUT2D eigenvalue weighted by Gasteiger charge is 2.26. The molecule has 0 bridgehead atoms. The van der Waals surface area contributed by atoms with E-state index in [1.165, 1.54) is 0 Å². The summed E-state index contributed by atoms with van der Waals surface area (Å²) in [5.74, 6) is -1.18. The number of sulfonamides is 1. The smallest absolute Gasteiger partial charge is 0.318 e. The third-order valence-corrected chi connectivity index (χ3v) is 4.10. The zero-order valence-corrected chi connectivity index (χ0v) is 10.5. The predicted molar refractivity (Wildman–Crippen MR) is 62.7 cm³/mol. The van der Waals surface area contributed by atoms with E-state index in [-0.39, 0.29) is 11.8 Å². The van der Waals surface area contributed by atoms with Crippen molar-refractivity contribution in [2.75, 3.05) is 12.3 Å². The Morgan fingerprint density at radius 2 is 2.06 bits per heavy atom. The van der Waals surface area contributed by atoms with E-state index in [1.807, 2.05) is 0 Å². The lowest BCUT2D eigenvalue weighted by atomic mass is 10.3. The van der Waals surface area contributed by atoms with Crippen molar-refractivity contribution in [2.45, 2.75) is 32.7 Å². The maximum absolute atomic E-state index is 11.8. The van der Waals surface area contributed by atoms with Crippen LogP contribution in [0.1, 0.15) is 26.7 Å². The second-order valence-corrected chi connectivity index (χ2v) is 5.82. The molecule has 0 aliphatic heterocycles. The number of carboxylic acids is 1. The highest BCUT2D eigenvalue weighted by Crippen LogP contribution is 2.09. The molecule has 6 heteroatoms. The summed E-state index contributed by atoms with van der Waals surface area (Å²) >= 11 is 0. The van der Waals surface area contributed by atoms with Gasteiger partial charge >= 0.3 is 5.97 Å². The van der Waals surface area contributed by atoms with Gasteiger partial charge in [0, 0.05) is 6.04 Å². The molecule has 0 aromatic rings. The van der Waals surface area contributed by atoms with Crippen molar-refractivity contribution in [2.24, 2.45) is 0 Å². The predicted octanol–water partition coefficient (Wildman–Crippen LogP) is 1.08. The standard InChI is InChI=1S/C10H19NO4S/c1-4-5-6-7-16(14,15)11(9(2)3)8-10(12)13/h4,9H,1,5-8H2,2-3H3,(H,12,13). The molecule has 0 radical (unpaired) electrons. The Balaban J connectivity index is 4.62. The van der Waals surface area contributed by atoms with Gasteiger partial charge in [-0.15, -0.1) is 6.58 Å². The maximum Gasteiger partial charge on any atom is 0.318 e. The van der Waals surface area contributed by atoms with E-state index in [1.54, 1.807) is 19.9 Å². The molecule has 0 aromatic carbocycles. The van der Waals surface area contributed by atoms with Crippen molar-refractivity contribution in [1.29, 1.82) is 0 Å². The molecule has 0 saturated heterocycles. The zero-order chi connectivity index (χ0) is 12.8. The third kappa shape index (κ3) is 5.27. The van der Waals surface area contributed by atoms with E-state index in [4.69, 9.17) is 5.11 Å². The fraction of sp³-hybridized carbons (Fsp3) is 0.700. The van der Waals surface area contributed by atoms with Gasteiger partial charge in [-0.1, -0.05) is 6.08 Å². The quantitative estimate of drug-likeness (QED) is 0.516. The van der Waals surface area contributed by atoms with Gasteiger partial charge in [-0.2, -0.15) is 4.31 Å². The molecule has 0 unspecified atom stereocenters. The number of hydrogen-bond acceptors (Lipinski definition) is 3. The Bertz CT molecular complexity index is 335. The largest absolute Gasteiger partial charge is 0.480 e. The molecule has 0 aromatic heterocycles. The van der Waals surface area contributed by atoms with Crippen LogP contribution in [0.15, 0.2) is 12.7 Å². The molecular weight excluding hydrogens is 230 g/mol. The van der Waals surface area contributed by atoms with Gasteiger partial charge in [0.25, 0.3) is 0 Å². The Hall–Kier alpha value is -0.880. The van der Waals surface area contributed by atoms with E-state index in [0.717, 1.165) is 4.31 Å². The van der Waals surface area contributed by atoms with Crippen molar-refractivity contribution in [3.63, 3.8) is 0 Å². The minimum absolute atomic E-state index is 0.0372. The summed E-state index contributed by atoms with van der Waals surface area (Å²) in [5, 5.41) is 8.65. The van der Waals surface area contributed by atoms with Crippen LogP contribution in [0.2, 0.25) is 0 Å². The first-order valence-corrected chi connectivity index (χ1v) is 6.74. The van der Waals surface area contributed by atoms with Crippen LogP contribution in [0, 0.1) is 0 Å². The lowest BCUT2D eigenvalue weighted by Gasteiger charge is -2.23. The molecule has 0 aliphatic rings. The second kappa shape index (κ2) is 6.65. The zero-order valence-electron chi connectivity index (χ0n) is 9.72. The van der Waals surface area contributed by atoms with Gasteiger partial charge in [0.05, 0.1) is 5.75 Å². The molecule has 16 heavy (non-hydrogen) atoms. The van der Waals surface area contributed by atoms with E-state index in [2.05, 4.69) is 6.58 Å². The minimum Gasteiger partial charge on any atom is -0.480 e. The molecule has 0 amide bonds. The number of rotatable bonds is 8. The van der Waals surface area contributed by atoms with Crippen LogP contribution >= 0.6 is 0 Å². The first-order valence-electron chi connectivity index (χ1n) is 5.13. The SMILES string of the molecule is C=CCCCS(=O)(=O)N(CC(=O)O)C(C)C. The highest BCUT2D eigenvalue weighted by atomic mass is 32.2. The normalized spacial score (nSPS) is 12.0. The van der Waals surface area contributed by atoms with Crippen LogP contribution in [0.4, 0.5) is 0 Å². The molecule has 0 aliphatic carbocycles. The Morgan fingerprint density at radius 3 is 2.44 bits per heavy atom. The van der Waals surface area contributed by atoms with Gasteiger partial charge in [-0.3, -0.25) is 4.79 Å². The van der Waals surface area contributed by atoms with Crippen LogP contribution in [-0.2, 0) is 14.8 Å². The topological polar surface area (TPSA) is 74.7 Å². The molecule has 1 N–H and O–H groups in total. The number of allylic oxidation sites excluding steroid dienone is 1. The minimum atomic E-state index is -3.48. The van der Waals surface area contributed by atoms with E-state index < -0.39 is 22.5 Å². The number of carboxylic acid groups (broad SMARTS) is 1. The molecule has 0 heterocycles. The molecule has 94 valence electrons. The number of unbranched alkanes of at least 4 members (excludes halogenated alkanes) is 1. The summed E-state index contributed by atoms with van der Waals surface area (Å²) in [4.78, 5) is 10.6. The number of aliphatic carboxylic acids is 1. The lowest BCUT2D eigenvalue weighted by Crippen LogP contribution is -2.41. The van der Waals surface area contributed by atoms with Crippen LogP contribution in [0.5, 0.6) is 0 Å². The molecule has 0 rings (SSSR count). The number of nitrogens with zero attached hydrogens (tertiary/aromatic N) is 1. The van der Waals surface area contributed by atoms with Crippen LogP contribution in [0.25, 0.3) is 0 Å². The van der Waals surface area contributed by atoms with Crippen molar-refractivity contribution in [3.8, 4) is 0 Å². The summed E-state index contributed by atoms with van der Waals surface area (Å²) in [6.07, 6.45) is 2.72. The van der Waals surface area contributed by atoms with Crippen LogP contribution < -0.4 is 0 Å². The molecule has 0 atom stereocenters. The van der Waals surface area contributed by atoms with Crippen molar-refractivity contribution < 1.29 is 18.3 Å². The fourth-order valence-electron chi connectivity index (χ4n) is 1.26. The Labute approximate surface area is 96.8 Å². The van der Waals surface area contributed by atoms with Crippen LogP contribution in [-0.4, -0.2) is 42.1 Å². The summed E-state index contributed by atoms with van der Waals surface area (Å²) < 4.78 is 24.6. The van der Waals surface area contributed by atoms with Gasteiger partial charge in [0.15, 0.2) is 0 Å². The second-order valence-electron chi connectivity index (χ2n) is 3.78. The summed E-state index contributed by atoms with van der Waals surface area (Å²) in [6, 6.07) is -0.343. The third-order valence-electron chi connectivity index (χ3n) is 2.03. The Morgan fingerprint density at radius 1 is 1.50 bits per heavy atom. The van der Waals surface area contributed by atoms with Gasteiger partial charge in [0.2, 0.25) is 10.0 Å². The fourth-order valence-corrected chi connectivity index (χ4v) is 2.98.